The van der Waals surface area contributed by atoms with Gasteiger partial charge in [0, 0.05) is 30.7 Å². The second-order valence-corrected chi connectivity index (χ2v) is 9.42. The van der Waals surface area contributed by atoms with Gasteiger partial charge >= 0.3 is 0 Å². The number of aromatic amines is 1. The Morgan fingerprint density at radius 3 is 2.33 bits per heavy atom. The lowest BCUT2D eigenvalue weighted by atomic mass is 9.89. The summed E-state index contributed by atoms with van der Waals surface area (Å²) in [7, 11) is 4.75. The minimum Gasteiger partial charge on any atom is -0.488 e. The van der Waals surface area contributed by atoms with Crippen molar-refractivity contribution in [1.29, 1.82) is 0 Å². The average molecular weight is 460 g/mol. The first kappa shape index (κ1) is 26.9. The molecule has 1 N–H and O–H groups in total. The Bertz CT molecular complexity index is 987. The molecule has 0 aromatic carbocycles. The van der Waals surface area contributed by atoms with Crippen molar-refractivity contribution in [1.82, 2.24) is 4.98 Å². The number of nitrogens with one attached hydrogen (secondary N) is 1. The van der Waals surface area contributed by atoms with Gasteiger partial charge in [0.05, 0.1) is 26.4 Å². The van der Waals surface area contributed by atoms with Crippen molar-refractivity contribution in [3.05, 3.63) is 56.4 Å². The number of hydrogen-bond donors (Lipinski definition) is 1. The zero-order valence-corrected chi connectivity index (χ0v) is 21.9. The summed E-state index contributed by atoms with van der Waals surface area (Å²) in [6.07, 6.45) is 8.38. The molecule has 0 radical (unpaired) electrons. The highest BCUT2D eigenvalue weighted by Gasteiger charge is 2.56. The van der Waals surface area contributed by atoms with Crippen LogP contribution in [0, 0.1) is 12.8 Å². The predicted molar refractivity (Wildman–Crippen MR) is 133 cm³/mol. The van der Waals surface area contributed by atoms with E-state index < -0.39 is 0 Å². The number of ether oxygens (including phenoxy) is 4. The Morgan fingerprint density at radius 1 is 1.18 bits per heavy atom. The molecule has 1 aromatic heterocycles. The van der Waals surface area contributed by atoms with Crippen LogP contribution in [0.3, 0.4) is 0 Å². The van der Waals surface area contributed by atoms with Crippen molar-refractivity contribution in [2.24, 2.45) is 5.92 Å². The molecule has 0 amide bonds. The fourth-order valence-corrected chi connectivity index (χ4v) is 4.63. The maximum atomic E-state index is 12.5. The molecular weight excluding hydrogens is 418 g/mol. The van der Waals surface area contributed by atoms with Crippen LogP contribution in [0.25, 0.3) is 0 Å². The van der Waals surface area contributed by atoms with E-state index in [1.54, 1.807) is 14.0 Å². The molecule has 0 bridgehead atoms. The maximum Gasteiger partial charge on any atom is 0.238 e. The zero-order chi connectivity index (χ0) is 24.9. The Balaban J connectivity index is 2.07. The largest absolute Gasteiger partial charge is 0.488 e. The number of H-pyrrole nitrogens is 1. The summed E-state index contributed by atoms with van der Waals surface area (Å²) in [4.78, 5) is 15.7. The van der Waals surface area contributed by atoms with Gasteiger partial charge in [-0.15, -0.1) is 0 Å². The van der Waals surface area contributed by atoms with Crippen molar-refractivity contribution in [2.45, 2.75) is 79.1 Å². The highest BCUT2D eigenvalue weighted by molar-refractivity contribution is 5.40. The molecule has 2 heterocycles. The molecule has 2 rings (SSSR count). The zero-order valence-electron chi connectivity index (χ0n) is 21.9. The lowest BCUT2D eigenvalue weighted by Crippen LogP contribution is -2.35. The van der Waals surface area contributed by atoms with Crippen LogP contribution in [0.15, 0.2) is 39.7 Å². The molecule has 6 nitrogen and oxygen atoms in total. The topological polar surface area (TPSA) is 73.1 Å². The van der Waals surface area contributed by atoms with Gasteiger partial charge in [0.25, 0.3) is 0 Å². The number of allylic oxidation sites excluding steroid dienone is 5. The minimum atomic E-state index is -0.202. The van der Waals surface area contributed by atoms with Gasteiger partial charge in [0.15, 0.2) is 0 Å². The second kappa shape index (κ2) is 11.2. The highest BCUT2D eigenvalue weighted by atomic mass is 16.6. The molecule has 33 heavy (non-hydrogen) atoms. The van der Waals surface area contributed by atoms with Gasteiger partial charge in [0.2, 0.25) is 17.1 Å². The van der Waals surface area contributed by atoms with Gasteiger partial charge in [-0.25, -0.2) is 0 Å². The van der Waals surface area contributed by atoms with E-state index in [-0.39, 0.29) is 34.9 Å². The smallest absolute Gasteiger partial charge is 0.238 e. The van der Waals surface area contributed by atoms with Crippen LogP contribution in [0.4, 0.5) is 0 Å². The molecule has 0 saturated carbocycles. The van der Waals surface area contributed by atoms with E-state index in [9.17, 15) is 4.79 Å². The van der Waals surface area contributed by atoms with E-state index in [0.717, 1.165) is 12.1 Å². The van der Waals surface area contributed by atoms with E-state index in [0.29, 0.717) is 17.9 Å². The van der Waals surface area contributed by atoms with Crippen LogP contribution in [-0.2, 0) is 15.9 Å². The summed E-state index contributed by atoms with van der Waals surface area (Å²) >= 11 is 0. The van der Waals surface area contributed by atoms with Crippen LogP contribution < -0.4 is 14.9 Å². The molecule has 184 valence electrons. The van der Waals surface area contributed by atoms with Crippen LogP contribution in [0.2, 0.25) is 0 Å². The van der Waals surface area contributed by atoms with Gasteiger partial charge in [-0.1, -0.05) is 41.9 Å². The molecular formula is C27H41NO5. The number of hydrogen-bond acceptors (Lipinski definition) is 5. The van der Waals surface area contributed by atoms with E-state index in [2.05, 4.69) is 64.8 Å². The molecule has 4 unspecified atom stereocenters. The van der Waals surface area contributed by atoms with Crippen molar-refractivity contribution >= 4 is 0 Å². The van der Waals surface area contributed by atoms with Gasteiger partial charge in [-0.05, 0) is 48.0 Å². The standard InChI is InChI=1S/C27H41NO5/c1-16(11-12-22-20(5)23(29)24(30-8)26(28-22)32-10)13-17(2)14-18(3)15-19(4)25(31-9)27(7)21(6)33-27/h11,14-15,19,21,25H,12-13H2,1-10H3,(H,28,29). The van der Waals surface area contributed by atoms with Gasteiger partial charge in [-0.2, -0.15) is 0 Å². The molecule has 1 aromatic rings. The number of methoxy groups -OCH3 is 3. The Hall–Kier alpha value is -2.31. The molecule has 1 saturated heterocycles. The Morgan fingerprint density at radius 2 is 1.82 bits per heavy atom. The molecule has 6 heteroatoms. The van der Waals surface area contributed by atoms with Crippen LogP contribution in [0.5, 0.6) is 11.6 Å². The van der Waals surface area contributed by atoms with Gasteiger partial charge in [0.1, 0.15) is 5.60 Å². The minimum absolute atomic E-state index is 0.0321. The van der Waals surface area contributed by atoms with Crippen LogP contribution in [0.1, 0.15) is 59.2 Å². The van der Waals surface area contributed by atoms with Crippen LogP contribution in [-0.4, -0.2) is 44.1 Å². The average Bonchev–Trinajstić information content (AvgIpc) is 3.35. The number of epoxide rings is 1. The Labute approximate surface area is 198 Å². The SMILES string of the molecule is COc1[nH]c(CC=C(C)CC(C)=CC(C)=CC(C)C(OC)C2(C)OC2C)c(C)c(=O)c1OC. The van der Waals surface area contributed by atoms with E-state index in [1.165, 1.54) is 30.9 Å². The third kappa shape index (κ3) is 6.39. The molecule has 0 aliphatic carbocycles. The summed E-state index contributed by atoms with van der Waals surface area (Å²) in [6.45, 7) is 14.6. The first-order valence-corrected chi connectivity index (χ1v) is 11.5. The van der Waals surface area contributed by atoms with Gasteiger partial charge < -0.3 is 23.9 Å². The fourth-order valence-electron chi connectivity index (χ4n) is 4.63. The second-order valence-electron chi connectivity index (χ2n) is 9.42. The van der Waals surface area contributed by atoms with Crippen molar-refractivity contribution in [3.63, 3.8) is 0 Å². The quantitative estimate of drug-likeness (QED) is 0.276. The first-order valence-electron chi connectivity index (χ1n) is 11.5. The van der Waals surface area contributed by atoms with Gasteiger partial charge in [-0.3, -0.25) is 4.79 Å². The third-order valence-corrected chi connectivity index (χ3v) is 6.57. The van der Waals surface area contributed by atoms with Crippen molar-refractivity contribution in [3.8, 4) is 11.6 Å². The van der Waals surface area contributed by atoms with E-state index >= 15 is 0 Å². The third-order valence-electron chi connectivity index (χ3n) is 6.57. The number of pyridine rings is 1. The number of aromatic nitrogens is 1. The summed E-state index contributed by atoms with van der Waals surface area (Å²) in [6, 6.07) is 0. The summed E-state index contributed by atoms with van der Waals surface area (Å²) in [5, 5.41) is 0. The monoisotopic (exact) mass is 459 g/mol. The summed E-state index contributed by atoms with van der Waals surface area (Å²) in [5.41, 5.74) is 4.86. The molecule has 1 aliphatic rings. The normalized spacial score (nSPS) is 23.3. The lowest BCUT2D eigenvalue weighted by Gasteiger charge is -2.24. The summed E-state index contributed by atoms with van der Waals surface area (Å²) in [5.74, 6) is 0.812. The fraction of sp³-hybridized carbons (Fsp3) is 0.593. The molecule has 1 fully saturated rings. The van der Waals surface area contributed by atoms with Crippen molar-refractivity contribution < 1.29 is 18.9 Å². The van der Waals surface area contributed by atoms with E-state index in [4.69, 9.17) is 18.9 Å². The predicted octanol–water partition coefficient (Wildman–Crippen LogP) is 5.30. The first-order chi connectivity index (χ1) is 15.5. The maximum absolute atomic E-state index is 12.5. The van der Waals surface area contributed by atoms with E-state index in [1.807, 2.05) is 0 Å². The molecule has 0 spiro atoms. The highest BCUT2D eigenvalue weighted by Crippen LogP contribution is 2.43. The lowest BCUT2D eigenvalue weighted by molar-refractivity contribution is 0.0132. The summed E-state index contributed by atoms with van der Waals surface area (Å²) < 4.78 is 22.0. The number of rotatable bonds is 11. The molecule has 4 atom stereocenters. The Kier molecular flexibility index (Phi) is 9.15. The van der Waals surface area contributed by atoms with Crippen LogP contribution >= 0.6 is 0 Å². The molecule has 1 aliphatic heterocycles. The van der Waals surface area contributed by atoms with Crippen molar-refractivity contribution in [2.75, 3.05) is 21.3 Å².